The van der Waals surface area contributed by atoms with Crippen LogP contribution < -0.4 is 0 Å². The zero-order chi connectivity index (χ0) is 8.20. The summed E-state index contributed by atoms with van der Waals surface area (Å²) in [5, 5.41) is 0. The van der Waals surface area contributed by atoms with Gasteiger partial charge in [-0.3, -0.25) is 0 Å². The molecule has 0 fully saturated rings. The van der Waals surface area contributed by atoms with Gasteiger partial charge in [0.1, 0.15) is 0 Å². The van der Waals surface area contributed by atoms with Gasteiger partial charge in [-0.05, 0) is 24.2 Å². The first-order chi connectivity index (χ1) is 4.54. The molecule has 0 aromatic carbocycles. The first-order valence-corrected chi connectivity index (χ1v) is 4.34. The van der Waals surface area contributed by atoms with E-state index in [1.54, 1.807) is 0 Å². The average molecular weight is 141 g/mol. The minimum Gasteiger partial charge on any atom is -0.0649 e. The van der Waals surface area contributed by atoms with Crippen LogP contribution in [0.25, 0.3) is 0 Å². The molecule has 0 N–H and O–H groups in total. The first-order valence-electron chi connectivity index (χ1n) is 4.34. The van der Waals surface area contributed by atoms with Gasteiger partial charge in [0, 0.05) is 0 Å². The van der Waals surface area contributed by atoms with E-state index in [1.807, 2.05) is 0 Å². The van der Waals surface area contributed by atoms with Crippen LogP contribution in [0, 0.1) is 17.8 Å². The van der Waals surface area contributed by atoms with E-state index < -0.39 is 0 Å². The van der Waals surface area contributed by atoms with Crippen LogP contribution in [0.5, 0.6) is 0 Å². The standard InChI is InChI=1S/C10H21/c1-6-10(5,7-2)8-9(3)4/h6,9H,7-8H2,1-5H3. The quantitative estimate of drug-likeness (QED) is 0.560. The third-order valence-corrected chi connectivity index (χ3v) is 2.38. The summed E-state index contributed by atoms with van der Waals surface area (Å²) in [6, 6.07) is 0. The van der Waals surface area contributed by atoms with Crippen molar-refractivity contribution in [1.29, 1.82) is 0 Å². The smallest absolute Gasteiger partial charge is 0.0298 e. The summed E-state index contributed by atoms with van der Waals surface area (Å²) in [5.41, 5.74) is 0.480. The lowest BCUT2D eigenvalue weighted by molar-refractivity contribution is 0.296. The zero-order valence-electron chi connectivity index (χ0n) is 8.07. The van der Waals surface area contributed by atoms with Crippen LogP contribution in [0.2, 0.25) is 0 Å². The summed E-state index contributed by atoms with van der Waals surface area (Å²) in [6.07, 6.45) is 4.93. The highest BCUT2D eigenvalue weighted by atomic mass is 14.3. The molecule has 0 aliphatic heterocycles. The van der Waals surface area contributed by atoms with E-state index in [0.29, 0.717) is 5.41 Å². The lowest BCUT2D eigenvalue weighted by Crippen LogP contribution is -2.16. The largest absolute Gasteiger partial charge is 0.0649 e. The van der Waals surface area contributed by atoms with E-state index in [1.165, 1.54) is 12.8 Å². The zero-order valence-corrected chi connectivity index (χ0v) is 8.07. The third kappa shape index (κ3) is 3.24. The Labute approximate surface area is 66.0 Å². The van der Waals surface area contributed by atoms with Crippen molar-refractivity contribution in [1.82, 2.24) is 0 Å². The fraction of sp³-hybridized carbons (Fsp3) is 0.900. The number of rotatable bonds is 4. The lowest BCUT2D eigenvalue weighted by Gasteiger charge is -2.28. The predicted molar refractivity (Wildman–Crippen MR) is 47.8 cm³/mol. The Morgan fingerprint density at radius 2 is 1.90 bits per heavy atom. The number of hydrogen-bond acceptors (Lipinski definition) is 0. The summed E-state index contributed by atoms with van der Waals surface area (Å²) in [5.74, 6) is 0.821. The summed E-state index contributed by atoms with van der Waals surface area (Å²) in [6.45, 7) is 11.4. The molecule has 0 saturated carbocycles. The molecule has 0 bridgehead atoms. The molecule has 1 atom stereocenters. The van der Waals surface area contributed by atoms with Crippen molar-refractivity contribution < 1.29 is 0 Å². The minimum absolute atomic E-state index is 0.480. The molecule has 1 unspecified atom stereocenters. The summed E-state index contributed by atoms with van der Waals surface area (Å²) < 4.78 is 0. The topological polar surface area (TPSA) is 0 Å². The second kappa shape index (κ2) is 4.00. The van der Waals surface area contributed by atoms with Crippen molar-refractivity contribution in [2.24, 2.45) is 11.3 Å². The number of hydrogen-bond donors (Lipinski definition) is 0. The maximum absolute atomic E-state index is 2.34. The SMILES string of the molecule is C[CH]C(C)(CC)CC(C)C. The highest BCUT2D eigenvalue weighted by Gasteiger charge is 2.20. The van der Waals surface area contributed by atoms with Crippen molar-refractivity contribution in [3.63, 3.8) is 0 Å². The van der Waals surface area contributed by atoms with Gasteiger partial charge in [0.2, 0.25) is 0 Å². The van der Waals surface area contributed by atoms with Gasteiger partial charge in [-0.25, -0.2) is 0 Å². The summed E-state index contributed by atoms with van der Waals surface area (Å²) >= 11 is 0. The van der Waals surface area contributed by atoms with Gasteiger partial charge in [0.15, 0.2) is 0 Å². The van der Waals surface area contributed by atoms with E-state index in [0.717, 1.165) is 5.92 Å². The molecule has 1 radical (unpaired) electrons. The Morgan fingerprint density at radius 1 is 1.40 bits per heavy atom. The molecule has 0 nitrogen and oxygen atoms in total. The average Bonchev–Trinajstić information content (AvgIpc) is 1.87. The Kier molecular flexibility index (Phi) is 4.00. The van der Waals surface area contributed by atoms with E-state index in [4.69, 9.17) is 0 Å². The van der Waals surface area contributed by atoms with E-state index in [-0.39, 0.29) is 0 Å². The van der Waals surface area contributed by atoms with Gasteiger partial charge in [-0.15, -0.1) is 0 Å². The molecule has 10 heavy (non-hydrogen) atoms. The fourth-order valence-electron chi connectivity index (χ4n) is 1.40. The second-order valence-corrected chi connectivity index (χ2v) is 3.89. The molecule has 0 amide bonds. The summed E-state index contributed by atoms with van der Waals surface area (Å²) in [7, 11) is 0. The van der Waals surface area contributed by atoms with E-state index in [9.17, 15) is 0 Å². The van der Waals surface area contributed by atoms with E-state index >= 15 is 0 Å². The minimum atomic E-state index is 0.480. The van der Waals surface area contributed by atoms with Crippen LogP contribution in [0.15, 0.2) is 0 Å². The van der Waals surface area contributed by atoms with Gasteiger partial charge >= 0.3 is 0 Å². The molecule has 0 heterocycles. The van der Waals surface area contributed by atoms with Crippen LogP contribution in [0.4, 0.5) is 0 Å². The van der Waals surface area contributed by atoms with Gasteiger partial charge < -0.3 is 0 Å². The van der Waals surface area contributed by atoms with Crippen LogP contribution in [0.1, 0.15) is 47.5 Å². The molecule has 0 aromatic heterocycles. The Morgan fingerprint density at radius 3 is 2.00 bits per heavy atom. The molecule has 0 saturated heterocycles. The second-order valence-electron chi connectivity index (χ2n) is 3.89. The molecule has 61 valence electrons. The Balaban J connectivity index is 3.80. The molecule has 0 heteroatoms. The van der Waals surface area contributed by atoms with Crippen molar-refractivity contribution in [2.75, 3.05) is 0 Å². The normalized spacial score (nSPS) is 12.6. The lowest BCUT2D eigenvalue weighted by atomic mass is 9.78. The molecule has 0 spiro atoms. The molecule has 0 aliphatic carbocycles. The predicted octanol–water partition coefficient (Wildman–Crippen LogP) is 3.67. The molecule has 0 aliphatic rings. The molecular formula is C10H21. The third-order valence-electron chi connectivity index (χ3n) is 2.38. The van der Waals surface area contributed by atoms with Crippen molar-refractivity contribution >= 4 is 0 Å². The first kappa shape index (κ1) is 10.0. The molecule has 0 aromatic rings. The highest BCUT2D eigenvalue weighted by molar-refractivity contribution is 4.84. The fourth-order valence-corrected chi connectivity index (χ4v) is 1.40. The van der Waals surface area contributed by atoms with Gasteiger partial charge in [-0.2, -0.15) is 0 Å². The highest BCUT2D eigenvalue weighted by Crippen LogP contribution is 2.31. The van der Waals surface area contributed by atoms with Crippen LogP contribution in [0.3, 0.4) is 0 Å². The van der Waals surface area contributed by atoms with Gasteiger partial charge in [0.25, 0.3) is 0 Å². The summed E-state index contributed by atoms with van der Waals surface area (Å²) in [4.78, 5) is 0. The van der Waals surface area contributed by atoms with Crippen LogP contribution in [-0.4, -0.2) is 0 Å². The van der Waals surface area contributed by atoms with Crippen molar-refractivity contribution in [2.45, 2.75) is 47.5 Å². The maximum atomic E-state index is 2.34. The van der Waals surface area contributed by atoms with Crippen molar-refractivity contribution in [3.8, 4) is 0 Å². The maximum Gasteiger partial charge on any atom is -0.0298 e. The van der Waals surface area contributed by atoms with Gasteiger partial charge in [0.05, 0.1) is 0 Å². The molecule has 0 rings (SSSR count). The van der Waals surface area contributed by atoms with Crippen molar-refractivity contribution in [3.05, 3.63) is 6.42 Å². The van der Waals surface area contributed by atoms with Gasteiger partial charge in [-0.1, -0.05) is 41.0 Å². The Bertz CT molecular complexity index is 78.0. The monoisotopic (exact) mass is 141 g/mol. The van der Waals surface area contributed by atoms with E-state index in [2.05, 4.69) is 41.0 Å². The van der Waals surface area contributed by atoms with Crippen LogP contribution >= 0.6 is 0 Å². The van der Waals surface area contributed by atoms with Crippen LogP contribution in [-0.2, 0) is 0 Å². The molecular weight excluding hydrogens is 120 g/mol. The Hall–Kier alpha value is 0.